The molecule has 0 spiro atoms. The Hall–Kier alpha value is -1.96. The van der Waals surface area contributed by atoms with Gasteiger partial charge < -0.3 is 20.1 Å². The van der Waals surface area contributed by atoms with E-state index in [0.717, 1.165) is 0 Å². The molecule has 0 aromatic heterocycles. The molecule has 134 valence electrons. The molecule has 1 aliphatic rings. The lowest BCUT2D eigenvalue weighted by atomic mass is 9.91. The smallest absolute Gasteiger partial charge is 0.414 e. The fraction of sp³-hybridized carbons (Fsp3) is 0.562. The SMILES string of the molecule is CCOc1ccc(NC(=O)N2CCC(C(O)C(F)(F)F)CC2)cc1. The van der Waals surface area contributed by atoms with E-state index >= 15 is 0 Å². The Balaban J connectivity index is 1.84. The number of urea groups is 1. The van der Waals surface area contributed by atoms with Crippen molar-refractivity contribution in [2.45, 2.75) is 32.0 Å². The summed E-state index contributed by atoms with van der Waals surface area (Å²) in [5.74, 6) is -0.169. The zero-order valence-corrected chi connectivity index (χ0v) is 13.3. The highest BCUT2D eigenvalue weighted by Crippen LogP contribution is 2.31. The van der Waals surface area contributed by atoms with E-state index in [0.29, 0.717) is 18.0 Å². The third-order valence-electron chi connectivity index (χ3n) is 4.03. The number of hydrogen-bond acceptors (Lipinski definition) is 3. The van der Waals surface area contributed by atoms with E-state index in [9.17, 15) is 23.1 Å². The van der Waals surface area contributed by atoms with E-state index in [4.69, 9.17) is 4.74 Å². The van der Waals surface area contributed by atoms with Crippen molar-refractivity contribution in [3.05, 3.63) is 24.3 Å². The van der Waals surface area contributed by atoms with E-state index in [1.165, 1.54) is 4.90 Å². The highest BCUT2D eigenvalue weighted by atomic mass is 19.4. The number of anilines is 1. The zero-order valence-electron chi connectivity index (χ0n) is 13.3. The second-order valence-corrected chi connectivity index (χ2v) is 5.70. The van der Waals surface area contributed by atoms with Gasteiger partial charge in [-0.05, 0) is 49.9 Å². The van der Waals surface area contributed by atoms with Crippen molar-refractivity contribution >= 4 is 11.7 Å². The van der Waals surface area contributed by atoms with Crippen molar-refractivity contribution in [3.63, 3.8) is 0 Å². The second-order valence-electron chi connectivity index (χ2n) is 5.70. The molecule has 1 heterocycles. The van der Waals surface area contributed by atoms with E-state index in [1.54, 1.807) is 24.3 Å². The topological polar surface area (TPSA) is 61.8 Å². The Morgan fingerprint density at radius 2 is 1.92 bits per heavy atom. The van der Waals surface area contributed by atoms with Gasteiger partial charge in [0.05, 0.1) is 6.61 Å². The van der Waals surface area contributed by atoms with Crippen molar-refractivity contribution in [1.29, 1.82) is 0 Å². The Bertz CT molecular complexity index is 540. The van der Waals surface area contributed by atoms with Gasteiger partial charge in [0, 0.05) is 18.8 Å². The van der Waals surface area contributed by atoms with Crippen LogP contribution in [0.1, 0.15) is 19.8 Å². The van der Waals surface area contributed by atoms with Gasteiger partial charge >= 0.3 is 12.2 Å². The number of halogens is 3. The van der Waals surface area contributed by atoms with Crippen LogP contribution in [-0.4, -0.2) is 48.0 Å². The highest BCUT2D eigenvalue weighted by Gasteiger charge is 2.44. The molecule has 0 saturated carbocycles. The molecule has 1 atom stereocenters. The number of rotatable bonds is 4. The number of carbonyl (C=O) groups is 1. The molecule has 8 heteroatoms. The maximum Gasteiger partial charge on any atom is 0.414 e. The fourth-order valence-electron chi connectivity index (χ4n) is 2.69. The standard InChI is InChI=1S/C16H21F3N2O3/c1-2-24-13-5-3-12(4-6-13)20-15(23)21-9-7-11(8-10-21)14(22)16(17,18)19/h3-6,11,14,22H,2,7-10H2,1H3,(H,20,23). The summed E-state index contributed by atoms with van der Waals surface area (Å²) in [4.78, 5) is 13.6. The zero-order chi connectivity index (χ0) is 17.7. The number of nitrogens with zero attached hydrogens (tertiary/aromatic N) is 1. The van der Waals surface area contributed by atoms with Crippen LogP contribution in [0.5, 0.6) is 5.75 Å². The molecule has 0 radical (unpaired) electrons. The van der Waals surface area contributed by atoms with Crippen molar-refractivity contribution in [2.24, 2.45) is 5.92 Å². The van der Waals surface area contributed by atoms with Crippen molar-refractivity contribution < 1.29 is 27.8 Å². The number of ether oxygens (including phenoxy) is 1. The van der Waals surface area contributed by atoms with Gasteiger partial charge in [0.25, 0.3) is 0 Å². The summed E-state index contributed by atoms with van der Waals surface area (Å²) in [6, 6.07) is 6.49. The number of aliphatic hydroxyl groups excluding tert-OH is 1. The third kappa shape index (κ3) is 4.77. The van der Waals surface area contributed by atoms with Gasteiger partial charge in [-0.1, -0.05) is 0 Å². The van der Waals surface area contributed by atoms with Crippen LogP contribution in [0.2, 0.25) is 0 Å². The lowest BCUT2D eigenvalue weighted by Crippen LogP contribution is -2.46. The van der Waals surface area contributed by atoms with Crippen LogP contribution >= 0.6 is 0 Å². The van der Waals surface area contributed by atoms with Gasteiger partial charge in [-0.3, -0.25) is 0 Å². The molecular formula is C16H21F3N2O3. The van der Waals surface area contributed by atoms with E-state index in [1.807, 2.05) is 6.92 Å². The van der Waals surface area contributed by atoms with Gasteiger partial charge in [-0.15, -0.1) is 0 Å². The number of benzene rings is 1. The minimum atomic E-state index is -4.61. The summed E-state index contributed by atoms with van der Waals surface area (Å²) in [5.41, 5.74) is 0.584. The Morgan fingerprint density at radius 3 is 2.42 bits per heavy atom. The third-order valence-corrected chi connectivity index (χ3v) is 4.03. The van der Waals surface area contributed by atoms with E-state index in [2.05, 4.69) is 5.32 Å². The first-order valence-electron chi connectivity index (χ1n) is 7.85. The predicted octanol–water partition coefficient (Wildman–Crippen LogP) is 3.25. The maximum absolute atomic E-state index is 12.5. The molecule has 1 aromatic rings. The fourth-order valence-corrected chi connectivity index (χ4v) is 2.69. The molecule has 1 aromatic carbocycles. The molecule has 0 aliphatic carbocycles. The number of piperidine rings is 1. The maximum atomic E-state index is 12.5. The number of aliphatic hydroxyl groups is 1. The molecule has 1 saturated heterocycles. The number of nitrogens with one attached hydrogen (secondary N) is 1. The predicted molar refractivity (Wildman–Crippen MR) is 83.0 cm³/mol. The van der Waals surface area contributed by atoms with Crippen LogP contribution in [0.4, 0.5) is 23.7 Å². The monoisotopic (exact) mass is 346 g/mol. The second kappa shape index (κ2) is 7.74. The van der Waals surface area contributed by atoms with Crippen molar-refractivity contribution in [1.82, 2.24) is 4.90 Å². The molecule has 2 N–H and O–H groups in total. The Labute approximate surface area is 138 Å². The van der Waals surface area contributed by atoms with Crippen LogP contribution in [0.3, 0.4) is 0 Å². The van der Waals surface area contributed by atoms with Crippen LogP contribution < -0.4 is 10.1 Å². The number of carbonyl (C=O) groups excluding carboxylic acids is 1. The largest absolute Gasteiger partial charge is 0.494 e. The summed E-state index contributed by atoms with van der Waals surface area (Å²) >= 11 is 0. The molecule has 1 fully saturated rings. The minimum absolute atomic E-state index is 0.122. The first-order valence-corrected chi connectivity index (χ1v) is 7.85. The number of amides is 2. The average molecular weight is 346 g/mol. The Morgan fingerprint density at radius 1 is 1.33 bits per heavy atom. The lowest BCUT2D eigenvalue weighted by molar-refractivity contribution is -0.222. The molecule has 1 aliphatic heterocycles. The summed E-state index contributed by atoms with van der Waals surface area (Å²) < 4.78 is 42.8. The van der Waals surface area contributed by atoms with Crippen molar-refractivity contribution in [3.8, 4) is 5.75 Å². The van der Waals surface area contributed by atoms with E-state index in [-0.39, 0.29) is 32.0 Å². The molecule has 5 nitrogen and oxygen atoms in total. The first-order chi connectivity index (χ1) is 11.3. The van der Waals surface area contributed by atoms with Crippen molar-refractivity contribution in [2.75, 3.05) is 25.0 Å². The van der Waals surface area contributed by atoms with Gasteiger partial charge in [0.1, 0.15) is 5.75 Å². The summed E-state index contributed by atoms with van der Waals surface area (Å²) in [7, 11) is 0. The minimum Gasteiger partial charge on any atom is -0.494 e. The first kappa shape index (κ1) is 18.4. The van der Waals surface area contributed by atoms with Crippen LogP contribution in [-0.2, 0) is 0 Å². The summed E-state index contributed by atoms with van der Waals surface area (Å²) in [6.07, 6.45) is -6.69. The summed E-state index contributed by atoms with van der Waals surface area (Å²) in [6.45, 7) is 2.78. The van der Waals surface area contributed by atoms with Crippen LogP contribution in [0.25, 0.3) is 0 Å². The van der Waals surface area contributed by atoms with Gasteiger partial charge in [-0.25, -0.2) is 4.79 Å². The molecule has 24 heavy (non-hydrogen) atoms. The number of alkyl halides is 3. The number of likely N-dealkylation sites (tertiary alicyclic amines) is 1. The van der Waals surface area contributed by atoms with Gasteiger partial charge in [-0.2, -0.15) is 13.2 Å². The molecular weight excluding hydrogens is 325 g/mol. The normalized spacial score (nSPS) is 17.5. The quantitative estimate of drug-likeness (QED) is 0.880. The van der Waals surface area contributed by atoms with Gasteiger partial charge in [0.2, 0.25) is 0 Å². The van der Waals surface area contributed by atoms with Crippen LogP contribution in [0.15, 0.2) is 24.3 Å². The average Bonchev–Trinajstić information content (AvgIpc) is 2.55. The van der Waals surface area contributed by atoms with Gasteiger partial charge in [0.15, 0.2) is 6.10 Å². The summed E-state index contributed by atoms with van der Waals surface area (Å²) in [5, 5.41) is 12.0. The lowest BCUT2D eigenvalue weighted by Gasteiger charge is -2.34. The number of hydrogen-bond donors (Lipinski definition) is 2. The van der Waals surface area contributed by atoms with E-state index < -0.39 is 18.2 Å². The molecule has 2 amide bonds. The Kier molecular flexibility index (Phi) is 5.93. The highest BCUT2D eigenvalue weighted by molar-refractivity contribution is 5.89. The van der Waals surface area contributed by atoms with Crippen LogP contribution in [0, 0.1) is 5.92 Å². The molecule has 1 unspecified atom stereocenters. The molecule has 0 bridgehead atoms. The molecule has 2 rings (SSSR count).